The minimum atomic E-state index is 0.586. The Hall–Kier alpha value is -1.68. The third kappa shape index (κ3) is 7.54. The molecule has 0 bridgehead atoms. The number of ether oxygens (including phenoxy) is 1. The van der Waals surface area contributed by atoms with Gasteiger partial charge in [0.25, 0.3) is 0 Å². The zero-order valence-corrected chi connectivity index (χ0v) is 19.4. The average Bonchev–Trinajstić information content (AvgIpc) is 2.79. The van der Waals surface area contributed by atoms with Gasteiger partial charge in [0.1, 0.15) is 5.75 Å². The highest BCUT2D eigenvalue weighted by Gasteiger charge is 2.21. The van der Waals surface area contributed by atoms with Crippen molar-refractivity contribution in [2.24, 2.45) is 17.8 Å². The van der Waals surface area contributed by atoms with E-state index in [0.29, 0.717) is 11.8 Å². The van der Waals surface area contributed by atoms with Crippen LogP contribution in [0, 0.1) is 29.6 Å². The van der Waals surface area contributed by atoms with Crippen LogP contribution >= 0.6 is 0 Å². The zero-order chi connectivity index (χ0) is 21.0. The second-order valence-corrected chi connectivity index (χ2v) is 9.54. The molecule has 0 heterocycles. The summed E-state index contributed by atoms with van der Waals surface area (Å²) in [6, 6.07) is 8.85. The molecule has 0 aliphatic heterocycles. The van der Waals surface area contributed by atoms with Crippen molar-refractivity contribution in [1.29, 1.82) is 0 Å². The molecule has 0 aromatic heterocycles. The molecule has 1 aromatic carbocycles. The van der Waals surface area contributed by atoms with Gasteiger partial charge in [0.05, 0.1) is 6.61 Å². The van der Waals surface area contributed by atoms with Crippen LogP contribution in [0.25, 0.3) is 0 Å². The van der Waals surface area contributed by atoms with E-state index in [1.807, 2.05) is 0 Å². The van der Waals surface area contributed by atoms with Gasteiger partial charge >= 0.3 is 0 Å². The fourth-order valence-corrected chi connectivity index (χ4v) is 5.17. The quantitative estimate of drug-likeness (QED) is 0.311. The first-order valence-electron chi connectivity index (χ1n) is 12.7. The van der Waals surface area contributed by atoms with E-state index in [4.69, 9.17) is 4.74 Å². The normalized spacial score (nSPS) is 26.9. The van der Waals surface area contributed by atoms with E-state index in [-0.39, 0.29) is 0 Å². The molecular formula is C29H42O. The van der Waals surface area contributed by atoms with Gasteiger partial charge in [-0.2, -0.15) is 0 Å². The van der Waals surface area contributed by atoms with E-state index in [0.717, 1.165) is 30.6 Å². The molecule has 1 heteroatoms. The Labute approximate surface area is 185 Å². The fraction of sp³-hybridized carbons (Fsp3) is 0.655. The molecule has 2 aliphatic rings. The molecule has 0 spiro atoms. The SMILES string of the molecule is CCCCOc1ccc(C2CCC(C#C/C=C/C3CCC(CCC)CC3)CC2)cc1. The van der Waals surface area contributed by atoms with Crippen molar-refractivity contribution < 1.29 is 4.74 Å². The van der Waals surface area contributed by atoms with E-state index in [9.17, 15) is 0 Å². The molecule has 1 aromatic rings. The van der Waals surface area contributed by atoms with Crippen LogP contribution in [0.15, 0.2) is 36.4 Å². The highest BCUT2D eigenvalue weighted by Crippen LogP contribution is 2.36. The molecule has 2 fully saturated rings. The summed E-state index contributed by atoms with van der Waals surface area (Å²) >= 11 is 0. The van der Waals surface area contributed by atoms with Crippen LogP contribution < -0.4 is 4.74 Å². The Morgan fingerprint density at radius 2 is 1.63 bits per heavy atom. The maximum absolute atomic E-state index is 5.80. The minimum absolute atomic E-state index is 0.586. The fourth-order valence-electron chi connectivity index (χ4n) is 5.17. The topological polar surface area (TPSA) is 9.23 Å². The maximum atomic E-state index is 5.80. The van der Waals surface area contributed by atoms with Gasteiger partial charge in [0, 0.05) is 5.92 Å². The number of benzene rings is 1. The van der Waals surface area contributed by atoms with Crippen LogP contribution in [0.3, 0.4) is 0 Å². The van der Waals surface area contributed by atoms with Gasteiger partial charge in [0.2, 0.25) is 0 Å². The summed E-state index contributed by atoms with van der Waals surface area (Å²) in [7, 11) is 0. The van der Waals surface area contributed by atoms with E-state index in [2.05, 4.69) is 62.1 Å². The van der Waals surface area contributed by atoms with E-state index in [1.165, 1.54) is 76.2 Å². The van der Waals surface area contributed by atoms with Gasteiger partial charge < -0.3 is 4.74 Å². The van der Waals surface area contributed by atoms with Crippen LogP contribution in [-0.2, 0) is 0 Å². The monoisotopic (exact) mass is 406 g/mol. The van der Waals surface area contributed by atoms with E-state index < -0.39 is 0 Å². The number of hydrogen-bond donors (Lipinski definition) is 0. The van der Waals surface area contributed by atoms with Crippen LogP contribution in [-0.4, -0.2) is 6.61 Å². The second kappa shape index (κ2) is 12.9. The third-order valence-electron chi connectivity index (χ3n) is 7.17. The van der Waals surface area contributed by atoms with Gasteiger partial charge in [0.15, 0.2) is 0 Å². The van der Waals surface area contributed by atoms with Crippen molar-refractivity contribution in [2.75, 3.05) is 6.61 Å². The Kier molecular flexibility index (Phi) is 9.88. The Balaban J connectivity index is 1.37. The first kappa shape index (κ1) is 23.0. The lowest BCUT2D eigenvalue weighted by atomic mass is 9.79. The van der Waals surface area contributed by atoms with Crippen LogP contribution in [0.5, 0.6) is 5.75 Å². The molecule has 0 radical (unpaired) electrons. The summed E-state index contributed by atoms with van der Waals surface area (Å²) in [6.45, 7) is 5.34. The highest BCUT2D eigenvalue weighted by atomic mass is 16.5. The largest absolute Gasteiger partial charge is 0.494 e. The van der Waals surface area contributed by atoms with Gasteiger partial charge in [-0.1, -0.05) is 63.2 Å². The Morgan fingerprint density at radius 3 is 2.30 bits per heavy atom. The smallest absolute Gasteiger partial charge is 0.119 e. The highest BCUT2D eigenvalue weighted by molar-refractivity contribution is 5.30. The molecule has 2 aliphatic carbocycles. The molecule has 2 saturated carbocycles. The van der Waals surface area contributed by atoms with Crippen molar-refractivity contribution in [1.82, 2.24) is 0 Å². The van der Waals surface area contributed by atoms with Gasteiger partial charge in [-0.15, -0.1) is 0 Å². The number of hydrogen-bond acceptors (Lipinski definition) is 1. The van der Waals surface area contributed by atoms with Crippen molar-refractivity contribution in [2.45, 2.75) is 96.8 Å². The molecule has 164 valence electrons. The van der Waals surface area contributed by atoms with Crippen LogP contribution in [0.2, 0.25) is 0 Å². The second-order valence-electron chi connectivity index (χ2n) is 9.54. The van der Waals surface area contributed by atoms with E-state index in [1.54, 1.807) is 0 Å². The molecule has 0 N–H and O–H groups in total. The van der Waals surface area contributed by atoms with Gasteiger partial charge in [-0.05, 0) is 99.3 Å². The molecule has 30 heavy (non-hydrogen) atoms. The summed E-state index contributed by atoms with van der Waals surface area (Å²) in [6.07, 6.45) is 20.2. The first-order valence-corrected chi connectivity index (χ1v) is 12.7. The lowest BCUT2D eigenvalue weighted by Crippen LogP contribution is -2.12. The Morgan fingerprint density at radius 1 is 0.900 bits per heavy atom. The van der Waals surface area contributed by atoms with Crippen molar-refractivity contribution >= 4 is 0 Å². The first-order chi connectivity index (χ1) is 14.8. The number of allylic oxidation sites excluding steroid dienone is 2. The lowest BCUT2D eigenvalue weighted by Gasteiger charge is -2.26. The average molecular weight is 407 g/mol. The van der Waals surface area contributed by atoms with Crippen LogP contribution in [0.4, 0.5) is 0 Å². The summed E-state index contributed by atoms with van der Waals surface area (Å²) in [5.41, 5.74) is 1.47. The maximum Gasteiger partial charge on any atom is 0.119 e. The van der Waals surface area contributed by atoms with Crippen molar-refractivity contribution in [3.05, 3.63) is 42.0 Å². The van der Waals surface area contributed by atoms with Crippen molar-refractivity contribution in [3.8, 4) is 17.6 Å². The molecule has 0 saturated heterocycles. The lowest BCUT2D eigenvalue weighted by molar-refractivity contribution is 0.294. The molecular weight excluding hydrogens is 364 g/mol. The molecule has 0 unspecified atom stereocenters. The molecule has 1 nitrogen and oxygen atoms in total. The predicted molar refractivity (Wildman–Crippen MR) is 129 cm³/mol. The summed E-state index contributed by atoms with van der Waals surface area (Å²) in [5.74, 6) is 11.0. The predicted octanol–water partition coefficient (Wildman–Crippen LogP) is 8.31. The van der Waals surface area contributed by atoms with Gasteiger partial charge in [-0.25, -0.2) is 0 Å². The standard InChI is InChI=1S/C29H42O/c1-3-5-23-30-29-21-19-28(20-22-29)27-17-15-26(16-18-27)10-7-6-9-25-13-11-24(8-4-2)12-14-25/h6,9,19-22,24-27H,3-5,8,11-18,23H2,1-2H3/b9-6+. The van der Waals surface area contributed by atoms with Crippen LogP contribution in [0.1, 0.15) is 102 Å². The molecule has 0 amide bonds. The summed E-state index contributed by atoms with van der Waals surface area (Å²) in [5, 5.41) is 0. The molecule has 0 atom stereocenters. The third-order valence-corrected chi connectivity index (χ3v) is 7.17. The molecule has 3 rings (SSSR count). The van der Waals surface area contributed by atoms with Gasteiger partial charge in [-0.3, -0.25) is 0 Å². The Bertz CT molecular complexity index is 673. The van der Waals surface area contributed by atoms with E-state index >= 15 is 0 Å². The van der Waals surface area contributed by atoms with Crippen molar-refractivity contribution in [3.63, 3.8) is 0 Å². The minimum Gasteiger partial charge on any atom is -0.494 e. The summed E-state index contributed by atoms with van der Waals surface area (Å²) < 4.78 is 5.80. The number of rotatable bonds is 8. The summed E-state index contributed by atoms with van der Waals surface area (Å²) in [4.78, 5) is 0. The number of unbranched alkanes of at least 4 members (excludes halogenated alkanes) is 1. The zero-order valence-electron chi connectivity index (χ0n) is 19.4.